The Bertz CT molecular complexity index is 644. The second-order valence-corrected chi connectivity index (χ2v) is 11.8. The van der Waals surface area contributed by atoms with E-state index in [4.69, 9.17) is 10.5 Å². The van der Waals surface area contributed by atoms with Crippen LogP contribution in [0.2, 0.25) is 25.7 Å². The number of aryl methyl sites for hydroxylation is 1. The van der Waals surface area contributed by atoms with Gasteiger partial charge in [-0.05, 0) is 25.1 Å². The van der Waals surface area contributed by atoms with Crippen molar-refractivity contribution >= 4 is 24.9 Å². The zero-order chi connectivity index (χ0) is 14.9. The fourth-order valence-corrected chi connectivity index (χ4v) is 2.75. The van der Waals surface area contributed by atoms with Gasteiger partial charge in [-0.2, -0.15) is 5.10 Å². The molecule has 2 rings (SSSR count). The van der Waals surface area contributed by atoms with Crippen LogP contribution < -0.4 is 10.5 Å². The Morgan fingerprint density at radius 2 is 2.10 bits per heavy atom. The molecule has 3 N–H and O–H groups in total. The van der Waals surface area contributed by atoms with Crippen molar-refractivity contribution in [1.82, 2.24) is 10.2 Å². The molecule has 1 aromatic heterocycles. The van der Waals surface area contributed by atoms with Crippen LogP contribution >= 0.6 is 0 Å². The predicted molar refractivity (Wildman–Crippen MR) is 83.0 cm³/mol. The first-order valence-electron chi connectivity index (χ1n) is 6.70. The van der Waals surface area contributed by atoms with Crippen molar-refractivity contribution in [3.05, 3.63) is 23.4 Å². The molecule has 0 fully saturated rings. The number of rotatable bonds is 5. The topological polar surface area (TPSA) is 81.0 Å². The summed E-state index contributed by atoms with van der Waals surface area (Å²) in [7, 11) is -1.19. The largest absolute Gasteiger partial charge is 0.492 e. The maximum atomic E-state index is 11.6. The molecule has 2 aromatic rings. The molecular formula is C14H21N3O2Si. The Morgan fingerprint density at radius 1 is 1.40 bits per heavy atom. The quantitative estimate of drug-likeness (QED) is 0.831. The molecule has 0 aliphatic rings. The lowest BCUT2D eigenvalue weighted by Crippen LogP contribution is -2.23. The molecule has 1 aromatic carbocycles. The number of nitrogens with one attached hydrogen (secondary N) is 1. The van der Waals surface area contributed by atoms with E-state index in [-0.39, 0.29) is 0 Å². The molecule has 108 valence electrons. The lowest BCUT2D eigenvalue weighted by Gasteiger charge is -2.17. The first kappa shape index (κ1) is 14.6. The Balaban J connectivity index is 2.39. The van der Waals surface area contributed by atoms with Crippen molar-refractivity contribution in [3.63, 3.8) is 0 Å². The Hall–Kier alpha value is -1.82. The number of ether oxygens (including phenoxy) is 1. The van der Waals surface area contributed by atoms with Crippen LogP contribution in [0.4, 0.5) is 0 Å². The van der Waals surface area contributed by atoms with E-state index < -0.39 is 14.0 Å². The number of carbonyl (C=O) groups is 1. The number of H-pyrrole nitrogens is 1. The fourth-order valence-electron chi connectivity index (χ4n) is 2.04. The molecule has 6 heteroatoms. The molecule has 0 atom stereocenters. The van der Waals surface area contributed by atoms with Crippen LogP contribution in [0, 0.1) is 6.92 Å². The minimum absolute atomic E-state index is 0.414. The number of carbonyl (C=O) groups excluding carboxylic acids is 1. The summed E-state index contributed by atoms with van der Waals surface area (Å²) in [4.78, 5) is 11.6. The van der Waals surface area contributed by atoms with Crippen molar-refractivity contribution in [3.8, 4) is 5.75 Å². The summed E-state index contributed by atoms with van der Waals surface area (Å²) in [6.45, 7) is 9.34. The van der Waals surface area contributed by atoms with Crippen LogP contribution in [0.3, 0.4) is 0 Å². The smallest absolute Gasteiger partial charge is 0.252 e. The molecule has 1 amide bonds. The summed E-state index contributed by atoms with van der Waals surface area (Å²) in [5.74, 6) is 0.0787. The molecule has 20 heavy (non-hydrogen) atoms. The average Bonchev–Trinajstić information content (AvgIpc) is 2.69. The SMILES string of the molecule is Cc1n[nH]c2ccc(C(N)=O)c(OCC[Si](C)(C)C)c12. The zero-order valence-electron chi connectivity index (χ0n) is 12.4. The normalized spacial score (nSPS) is 11.8. The zero-order valence-corrected chi connectivity index (χ0v) is 13.4. The maximum Gasteiger partial charge on any atom is 0.252 e. The van der Waals surface area contributed by atoms with Crippen LogP contribution in [-0.4, -0.2) is 30.8 Å². The number of benzene rings is 1. The molecule has 0 bridgehead atoms. The number of nitrogens with two attached hydrogens (primary N) is 1. The van der Waals surface area contributed by atoms with E-state index in [1.165, 1.54) is 0 Å². The van der Waals surface area contributed by atoms with E-state index in [1.54, 1.807) is 12.1 Å². The molecule has 0 saturated carbocycles. The molecule has 5 nitrogen and oxygen atoms in total. The summed E-state index contributed by atoms with van der Waals surface area (Å²) in [6.07, 6.45) is 0. The van der Waals surface area contributed by atoms with Gasteiger partial charge in [0, 0.05) is 8.07 Å². The Labute approximate surface area is 119 Å². The third kappa shape index (κ3) is 3.01. The Kier molecular flexibility index (Phi) is 3.85. The summed E-state index contributed by atoms with van der Waals surface area (Å²) in [5, 5.41) is 7.94. The van der Waals surface area contributed by atoms with Crippen molar-refractivity contribution < 1.29 is 9.53 Å². The van der Waals surface area contributed by atoms with Crippen LogP contribution in [0.5, 0.6) is 5.75 Å². The number of fused-ring (bicyclic) bond motifs is 1. The third-order valence-corrected chi connectivity index (χ3v) is 4.93. The van der Waals surface area contributed by atoms with E-state index >= 15 is 0 Å². The van der Waals surface area contributed by atoms with Gasteiger partial charge >= 0.3 is 0 Å². The van der Waals surface area contributed by atoms with Crippen LogP contribution in [0.15, 0.2) is 12.1 Å². The number of nitrogens with zero attached hydrogens (tertiary/aromatic N) is 1. The minimum Gasteiger partial charge on any atom is -0.492 e. The lowest BCUT2D eigenvalue weighted by atomic mass is 10.1. The van der Waals surface area contributed by atoms with E-state index in [2.05, 4.69) is 29.8 Å². The number of hydrogen-bond acceptors (Lipinski definition) is 3. The monoisotopic (exact) mass is 291 g/mol. The van der Waals surface area contributed by atoms with Crippen molar-refractivity contribution in [2.24, 2.45) is 5.73 Å². The lowest BCUT2D eigenvalue weighted by molar-refractivity contribution is 0.0997. The summed E-state index contributed by atoms with van der Waals surface area (Å²) in [5.41, 5.74) is 7.52. The van der Waals surface area contributed by atoms with Gasteiger partial charge in [0.05, 0.1) is 28.8 Å². The fraction of sp³-hybridized carbons (Fsp3) is 0.429. The van der Waals surface area contributed by atoms with Crippen LogP contribution in [0.25, 0.3) is 10.9 Å². The van der Waals surface area contributed by atoms with E-state index in [0.29, 0.717) is 17.9 Å². The highest BCUT2D eigenvalue weighted by Gasteiger charge is 2.18. The van der Waals surface area contributed by atoms with Gasteiger partial charge in [0.25, 0.3) is 5.91 Å². The number of hydrogen-bond donors (Lipinski definition) is 2. The minimum atomic E-state index is -1.19. The highest BCUT2D eigenvalue weighted by atomic mass is 28.3. The van der Waals surface area contributed by atoms with Gasteiger partial charge in [0.2, 0.25) is 0 Å². The standard InChI is InChI=1S/C14H21N3O2Si/c1-9-12-11(17-16-9)6-5-10(14(15)18)13(12)19-7-8-20(2,3)4/h5-6H,7-8H2,1-4H3,(H2,15,18)(H,16,17). The maximum absolute atomic E-state index is 11.6. The molecule has 0 radical (unpaired) electrons. The highest BCUT2D eigenvalue weighted by Crippen LogP contribution is 2.31. The van der Waals surface area contributed by atoms with Crippen LogP contribution in [0.1, 0.15) is 16.1 Å². The van der Waals surface area contributed by atoms with Gasteiger partial charge in [0.1, 0.15) is 5.75 Å². The summed E-state index contributed by atoms with van der Waals surface area (Å²) in [6, 6.07) is 4.52. The molecule has 0 aliphatic heterocycles. The second kappa shape index (κ2) is 5.28. The highest BCUT2D eigenvalue weighted by molar-refractivity contribution is 6.76. The number of aromatic nitrogens is 2. The van der Waals surface area contributed by atoms with Gasteiger partial charge in [-0.25, -0.2) is 0 Å². The molecular weight excluding hydrogens is 270 g/mol. The van der Waals surface area contributed by atoms with Gasteiger partial charge < -0.3 is 10.5 Å². The number of aromatic amines is 1. The predicted octanol–water partition coefficient (Wildman–Crippen LogP) is 2.69. The number of amides is 1. The van der Waals surface area contributed by atoms with E-state index in [9.17, 15) is 4.79 Å². The van der Waals surface area contributed by atoms with Gasteiger partial charge in [-0.1, -0.05) is 19.6 Å². The van der Waals surface area contributed by atoms with E-state index in [1.807, 2.05) is 6.92 Å². The van der Waals surface area contributed by atoms with Crippen molar-refractivity contribution in [2.45, 2.75) is 32.6 Å². The molecule has 0 aliphatic carbocycles. The van der Waals surface area contributed by atoms with Gasteiger partial charge in [-0.15, -0.1) is 0 Å². The second-order valence-electron chi connectivity index (χ2n) is 6.20. The van der Waals surface area contributed by atoms with Crippen molar-refractivity contribution in [1.29, 1.82) is 0 Å². The van der Waals surface area contributed by atoms with Crippen molar-refractivity contribution in [2.75, 3.05) is 6.61 Å². The summed E-state index contributed by atoms with van der Waals surface area (Å²) >= 11 is 0. The first-order chi connectivity index (χ1) is 9.29. The number of primary amides is 1. The molecule has 0 unspecified atom stereocenters. The van der Waals surface area contributed by atoms with Gasteiger partial charge in [0.15, 0.2) is 0 Å². The average molecular weight is 291 g/mol. The summed E-state index contributed by atoms with van der Waals surface area (Å²) < 4.78 is 5.90. The Morgan fingerprint density at radius 3 is 2.70 bits per heavy atom. The van der Waals surface area contributed by atoms with Crippen LogP contribution in [-0.2, 0) is 0 Å². The molecule has 0 saturated heterocycles. The third-order valence-electron chi connectivity index (χ3n) is 3.23. The molecule has 0 spiro atoms. The first-order valence-corrected chi connectivity index (χ1v) is 10.4. The van der Waals surface area contributed by atoms with E-state index in [0.717, 1.165) is 22.6 Å². The van der Waals surface area contributed by atoms with Gasteiger partial charge in [-0.3, -0.25) is 9.89 Å². The molecule has 1 heterocycles.